The highest BCUT2D eigenvalue weighted by Crippen LogP contribution is 2.18. The van der Waals surface area contributed by atoms with E-state index in [-0.39, 0.29) is 24.1 Å². The van der Waals surface area contributed by atoms with Gasteiger partial charge in [0.2, 0.25) is 6.29 Å². The molecule has 1 amide bonds. The number of benzene rings is 1. The molecular weight excluding hydrogens is 536 g/mol. The molecule has 11 nitrogen and oxygen atoms in total. The molecule has 0 N–H and O–H groups in total. The van der Waals surface area contributed by atoms with Crippen molar-refractivity contribution in [2.45, 2.75) is 51.4 Å². The maximum Gasteiger partial charge on any atom is 0.414 e. The number of carbonyl (C=O) groups excluding carboxylic acids is 1. The Labute approximate surface area is 234 Å². The van der Waals surface area contributed by atoms with Crippen LogP contribution in [0.25, 0.3) is 12.2 Å². The van der Waals surface area contributed by atoms with Crippen molar-refractivity contribution in [2.75, 3.05) is 25.2 Å². The lowest BCUT2D eigenvalue weighted by Gasteiger charge is -2.24. The predicted octanol–water partition coefficient (Wildman–Crippen LogP) is 4.87. The minimum atomic E-state index is -3.99. The Hall–Kier alpha value is -3.87. The Morgan fingerprint density at radius 1 is 1.05 bits per heavy atom. The summed E-state index contributed by atoms with van der Waals surface area (Å²) < 4.78 is 46.6. The monoisotopic (exact) mass is 570 g/mol. The fourth-order valence-corrected chi connectivity index (χ4v) is 4.19. The molecule has 0 saturated heterocycles. The Bertz CT molecular complexity index is 1400. The molecule has 1 aromatic carbocycles. The lowest BCUT2D eigenvalue weighted by Crippen LogP contribution is -2.34. The highest BCUT2D eigenvalue weighted by Gasteiger charge is 2.22. The summed E-state index contributed by atoms with van der Waals surface area (Å²) in [6, 6.07) is 9.94. The van der Waals surface area contributed by atoms with Crippen molar-refractivity contribution in [2.24, 2.45) is 0 Å². The Morgan fingerprint density at radius 3 is 2.38 bits per heavy atom. The third-order valence-electron chi connectivity index (χ3n) is 5.15. The molecule has 3 rings (SSSR count). The molecule has 3 aromatic rings. The summed E-state index contributed by atoms with van der Waals surface area (Å²) in [5.41, 5.74) is 2.13. The summed E-state index contributed by atoms with van der Waals surface area (Å²) >= 11 is 0. The molecule has 0 bridgehead atoms. The van der Waals surface area contributed by atoms with Crippen LogP contribution in [0.2, 0.25) is 0 Å². The first-order chi connectivity index (χ1) is 18.9. The number of hydrogen-bond acceptors (Lipinski definition) is 10. The van der Waals surface area contributed by atoms with Gasteiger partial charge in [0.25, 0.3) is 10.1 Å². The quantitative estimate of drug-likeness (QED) is 0.232. The highest BCUT2D eigenvalue weighted by atomic mass is 32.2. The molecule has 1 unspecified atom stereocenters. The number of aryl methyl sites for hydroxylation is 1. The van der Waals surface area contributed by atoms with E-state index in [4.69, 9.17) is 18.4 Å². The SMILES string of the molecule is CCOC(COS(=O)(=O)c1cccc(C)c1)Oc1ncc(C=Cc2ccc(N(C)C(=O)OC(C)(C)C)cn2)cn1. The van der Waals surface area contributed by atoms with Crippen LogP contribution in [0.4, 0.5) is 10.5 Å². The van der Waals surface area contributed by atoms with Crippen molar-refractivity contribution in [1.29, 1.82) is 0 Å². The van der Waals surface area contributed by atoms with Gasteiger partial charge in [0.15, 0.2) is 0 Å². The van der Waals surface area contributed by atoms with Gasteiger partial charge >= 0.3 is 12.1 Å². The standard InChI is InChI=1S/C28H34N4O7S/c1-7-36-25(19-37-40(34,35)24-10-8-9-20(2)15-24)38-26-30-16-21(17-31-26)11-12-22-13-14-23(18-29-22)32(6)27(33)39-28(3,4)5/h8-18,25H,7,19H2,1-6H3. The highest BCUT2D eigenvalue weighted by molar-refractivity contribution is 7.86. The molecular formula is C28H34N4O7S. The Kier molecular flexibility index (Phi) is 10.3. The molecule has 12 heteroatoms. The maximum atomic E-state index is 12.5. The number of pyridine rings is 1. The van der Waals surface area contributed by atoms with Gasteiger partial charge in [-0.2, -0.15) is 8.42 Å². The average molecular weight is 571 g/mol. The summed E-state index contributed by atoms with van der Waals surface area (Å²) in [6.07, 6.45) is 6.68. The van der Waals surface area contributed by atoms with Crippen molar-refractivity contribution in [1.82, 2.24) is 15.0 Å². The van der Waals surface area contributed by atoms with Crippen LogP contribution in [0.15, 0.2) is 59.9 Å². The van der Waals surface area contributed by atoms with Crippen molar-refractivity contribution >= 4 is 34.1 Å². The predicted molar refractivity (Wildman–Crippen MR) is 150 cm³/mol. The first kappa shape index (κ1) is 30.7. The lowest BCUT2D eigenvalue weighted by atomic mass is 10.2. The van der Waals surface area contributed by atoms with Crippen molar-refractivity contribution in [3.63, 3.8) is 0 Å². The lowest BCUT2D eigenvalue weighted by molar-refractivity contribution is -0.100. The number of hydrogen-bond donors (Lipinski definition) is 0. The molecule has 0 saturated carbocycles. The molecule has 2 heterocycles. The second-order valence-corrected chi connectivity index (χ2v) is 11.3. The van der Waals surface area contributed by atoms with Gasteiger partial charge in [-0.1, -0.05) is 12.1 Å². The van der Waals surface area contributed by atoms with Crippen molar-refractivity contribution in [3.05, 3.63) is 71.8 Å². The van der Waals surface area contributed by atoms with Gasteiger partial charge in [0.05, 0.1) is 22.5 Å². The summed E-state index contributed by atoms with van der Waals surface area (Å²) in [5.74, 6) is 0. The molecule has 2 aromatic heterocycles. The van der Waals surface area contributed by atoms with E-state index in [1.165, 1.54) is 29.4 Å². The third-order valence-corrected chi connectivity index (χ3v) is 6.42. The van der Waals surface area contributed by atoms with Crippen LogP contribution in [0.1, 0.15) is 44.5 Å². The van der Waals surface area contributed by atoms with Gasteiger partial charge in [-0.25, -0.2) is 14.8 Å². The molecule has 1 atom stereocenters. The zero-order chi connectivity index (χ0) is 29.3. The first-order valence-electron chi connectivity index (χ1n) is 12.5. The topological polar surface area (TPSA) is 130 Å². The summed E-state index contributed by atoms with van der Waals surface area (Å²) in [6.45, 7) is 8.84. The molecule has 0 aliphatic rings. The van der Waals surface area contributed by atoms with Gasteiger partial charge in [-0.15, -0.1) is 0 Å². The molecule has 0 aliphatic carbocycles. The smallest absolute Gasteiger partial charge is 0.414 e. The summed E-state index contributed by atoms with van der Waals surface area (Å²) in [7, 11) is -2.37. The first-order valence-corrected chi connectivity index (χ1v) is 13.9. The van der Waals surface area contributed by atoms with Crippen LogP contribution < -0.4 is 9.64 Å². The molecule has 214 valence electrons. The van der Waals surface area contributed by atoms with Gasteiger partial charge in [0.1, 0.15) is 12.2 Å². The van der Waals surface area contributed by atoms with E-state index < -0.39 is 28.1 Å². The van der Waals surface area contributed by atoms with E-state index in [1.807, 2.05) is 0 Å². The molecule has 0 aliphatic heterocycles. The zero-order valence-corrected chi connectivity index (χ0v) is 24.2. The Morgan fingerprint density at radius 2 is 1.77 bits per heavy atom. The minimum Gasteiger partial charge on any atom is -0.443 e. The maximum absolute atomic E-state index is 12.5. The fraction of sp³-hybridized carbons (Fsp3) is 0.357. The third kappa shape index (κ3) is 9.40. The molecule has 0 radical (unpaired) electrons. The molecule has 40 heavy (non-hydrogen) atoms. The number of amides is 1. The number of ether oxygens (including phenoxy) is 3. The number of anilines is 1. The van der Waals surface area contributed by atoms with E-state index >= 15 is 0 Å². The fourth-order valence-electron chi connectivity index (χ4n) is 3.19. The average Bonchev–Trinajstić information content (AvgIpc) is 2.90. The van der Waals surface area contributed by atoms with E-state index in [9.17, 15) is 13.2 Å². The van der Waals surface area contributed by atoms with Crippen LogP contribution in [0.5, 0.6) is 6.01 Å². The van der Waals surface area contributed by atoms with Gasteiger partial charge < -0.3 is 14.2 Å². The van der Waals surface area contributed by atoms with Crippen LogP contribution >= 0.6 is 0 Å². The van der Waals surface area contributed by atoms with Gasteiger partial charge in [0, 0.05) is 31.6 Å². The summed E-state index contributed by atoms with van der Waals surface area (Å²) in [4.78, 5) is 26.4. The minimum absolute atomic E-state index is 0.000175. The number of rotatable bonds is 11. The van der Waals surface area contributed by atoms with E-state index in [1.54, 1.807) is 84.3 Å². The second-order valence-electron chi connectivity index (χ2n) is 9.67. The number of carbonyl (C=O) groups is 1. The van der Waals surface area contributed by atoms with E-state index in [0.717, 1.165) is 5.56 Å². The number of aromatic nitrogens is 3. The van der Waals surface area contributed by atoms with Crippen molar-refractivity contribution < 1.29 is 31.6 Å². The Balaban J connectivity index is 1.58. The largest absolute Gasteiger partial charge is 0.443 e. The second kappa shape index (κ2) is 13.5. The van der Waals surface area contributed by atoms with Crippen LogP contribution in [-0.4, -0.2) is 61.6 Å². The summed E-state index contributed by atoms with van der Waals surface area (Å²) in [5, 5.41) is 0. The molecule has 0 fully saturated rings. The van der Waals surface area contributed by atoms with Crippen LogP contribution in [0.3, 0.4) is 0 Å². The van der Waals surface area contributed by atoms with E-state index in [0.29, 0.717) is 16.9 Å². The zero-order valence-electron chi connectivity index (χ0n) is 23.4. The van der Waals surface area contributed by atoms with E-state index in [2.05, 4.69) is 15.0 Å². The van der Waals surface area contributed by atoms with Gasteiger partial charge in [-0.3, -0.25) is 14.1 Å². The molecule has 0 spiro atoms. The van der Waals surface area contributed by atoms with Crippen LogP contribution in [0, 0.1) is 6.92 Å². The normalized spacial score (nSPS) is 12.8. The van der Waals surface area contributed by atoms with Crippen molar-refractivity contribution in [3.8, 4) is 6.01 Å². The van der Waals surface area contributed by atoms with Gasteiger partial charge in [-0.05, 0) is 76.6 Å². The number of nitrogens with zero attached hydrogens (tertiary/aromatic N) is 4. The van der Waals surface area contributed by atoms with Crippen LogP contribution in [-0.2, 0) is 23.8 Å².